The summed E-state index contributed by atoms with van der Waals surface area (Å²) in [6, 6.07) is 4.80. The third-order valence-corrected chi connectivity index (χ3v) is 6.84. The molecule has 0 unspecified atom stereocenters. The average molecular weight is 398 g/mol. The Kier molecular flexibility index (Phi) is 6.08. The van der Waals surface area contributed by atoms with Crippen LogP contribution >= 0.6 is 18.9 Å². The second kappa shape index (κ2) is 7.61. The van der Waals surface area contributed by atoms with Gasteiger partial charge in [-0.15, -0.1) is 11.3 Å². The van der Waals surface area contributed by atoms with Gasteiger partial charge in [0.2, 0.25) is 0 Å². The molecule has 0 aliphatic carbocycles. The van der Waals surface area contributed by atoms with Crippen LogP contribution in [0.2, 0.25) is 0 Å². The number of aromatic carboxylic acids is 1. The lowest BCUT2D eigenvalue weighted by Gasteiger charge is -2.20. The van der Waals surface area contributed by atoms with Gasteiger partial charge in [0, 0.05) is 10.3 Å². The second-order valence-electron chi connectivity index (χ2n) is 6.71. The van der Waals surface area contributed by atoms with Gasteiger partial charge in [-0.3, -0.25) is 9.36 Å². The van der Waals surface area contributed by atoms with Gasteiger partial charge in [0.15, 0.2) is 0 Å². The van der Waals surface area contributed by atoms with E-state index in [1.165, 1.54) is 6.07 Å². The smallest absolute Gasteiger partial charge is 0.401 e. The minimum absolute atomic E-state index is 0.0834. The zero-order chi connectivity index (χ0) is 19.7. The van der Waals surface area contributed by atoms with Crippen LogP contribution in [0.15, 0.2) is 18.2 Å². The maximum absolute atomic E-state index is 12.8. The van der Waals surface area contributed by atoms with Crippen LogP contribution in [0.1, 0.15) is 60.2 Å². The molecular formula is C18H23O6PS. The number of benzene rings is 1. The molecule has 0 bridgehead atoms. The van der Waals surface area contributed by atoms with E-state index in [1.54, 1.807) is 26.0 Å². The molecule has 0 amide bonds. The van der Waals surface area contributed by atoms with E-state index in [0.29, 0.717) is 10.9 Å². The number of carboxylic acids is 1. The molecule has 0 fully saturated rings. The molecule has 0 saturated heterocycles. The summed E-state index contributed by atoms with van der Waals surface area (Å²) in [5.41, 5.74) is -0.312. The Bertz CT molecular complexity index is 883. The molecule has 0 saturated carbocycles. The molecule has 0 atom stereocenters. The number of hydrogen-bond acceptors (Lipinski definition) is 6. The molecule has 0 aliphatic rings. The molecule has 0 radical (unpaired) electrons. The van der Waals surface area contributed by atoms with Crippen LogP contribution in [0.5, 0.6) is 0 Å². The van der Waals surface area contributed by atoms with Gasteiger partial charge >= 0.3 is 13.6 Å². The first-order valence-corrected chi connectivity index (χ1v) is 10.7. The highest BCUT2D eigenvalue weighted by Crippen LogP contribution is 2.51. The lowest BCUT2D eigenvalue weighted by Crippen LogP contribution is -2.15. The van der Waals surface area contributed by atoms with Gasteiger partial charge in [-0.05, 0) is 48.4 Å². The van der Waals surface area contributed by atoms with Crippen molar-refractivity contribution in [2.24, 2.45) is 0 Å². The number of rotatable bonds is 7. The molecule has 26 heavy (non-hydrogen) atoms. The largest absolute Gasteiger partial charge is 0.477 e. The Morgan fingerprint density at radius 3 is 2.19 bits per heavy atom. The first-order chi connectivity index (χ1) is 12.0. The highest BCUT2D eigenvalue weighted by atomic mass is 32.1. The zero-order valence-electron chi connectivity index (χ0n) is 15.5. The van der Waals surface area contributed by atoms with E-state index in [0.717, 1.165) is 16.0 Å². The highest BCUT2D eigenvalue weighted by molar-refractivity contribution is 7.72. The number of fused-ring (bicyclic) bond motifs is 1. The summed E-state index contributed by atoms with van der Waals surface area (Å²) in [6.45, 7) is 9.19. The van der Waals surface area contributed by atoms with Crippen molar-refractivity contribution < 1.29 is 28.3 Å². The van der Waals surface area contributed by atoms with Gasteiger partial charge in [-0.2, -0.15) is 0 Å². The van der Waals surface area contributed by atoms with Gasteiger partial charge in [-0.1, -0.05) is 20.8 Å². The summed E-state index contributed by atoms with van der Waals surface area (Å²) < 4.78 is 23.8. The summed E-state index contributed by atoms with van der Waals surface area (Å²) in [6.07, 6.45) is 0. The molecule has 8 heteroatoms. The molecule has 2 rings (SSSR count). The first-order valence-electron chi connectivity index (χ1n) is 8.29. The van der Waals surface area contributed by atoms with Gasteiger partial charge in [0.05, 0.1) is 13.2 Å². The Hall–Kier alpha value is -1.53. The minimum Gasteiger partial charge on any atom is -0.477 e. The molecule has 1 N–H and O–H groups in total. The lowest BCUT2D eigenvalue weighted by atomic mass is 9.84. The second-order valence-corrected chi connectivity index (χ2v) is 9.68. The fraction of sp³-hybridized carbons (Fsp3) is 0.444. The van der Waals surface area contributed by atoms with E-state index in [-0.39, 0.29) is 23.7 Å². The molecule has 0 spiro atoms. The van der Waals surface area contributed by atoms with Crippen molar-refractivity contribution in [3.8, 4) is 0 Å². The van der Waals surface area contributed by atoms with Crippen molar-refractivity contribution >= 4 is 40.5 Å². The summed E-state index contributed by atoms with van der Waals surface area (Å²) in [5, 5.41) is 10.2. The van der Waals surface area contributed by atoms with Crippen molar-refractivity contribution in [3.05, 3.63) is 34.2 Å². The average Bonchev–Trinajstić information content (AvgIpc) is 2.93. The van der Waals surface area contributed by atoms with Crippen LogP contribution < -0.4 is 0 Å². The fourth-order valence-corrected chi connectivity index (χ4v) is 5.46. The van der Waals surface area contributed by atoms with Crippen LogP contribution in [-0.2, 0) is 19.0 Å². The molecule has 2 aromatic rings. The Labute approximate surface area is 156 Å². The summed E-state index contributed by atoms with van der Waals surface area (Å²) in [4.78, 5) is 24.7. The molecule has 1 aromatic carbocycles. The van der Waals surface area contributed by atoms with Crippen LogP contribution in [0.25, 0.3) is 10.1 Å². The lowest BCUT2D eigenvalue weighted by molar-refractivity contribution is 0.0699. The number of thiophene rings is 1. The van der Waals surface area contributed by atoms with Gasteiger partial charge < -0.3 is 14.2 Å². The van der Waals surface area contributed by atoms with Crippen molar-refractivity contribution in [2.45, 2.75) is 40.0 Å². The Morgan fingerprint density at radius 2 is 1.73 bits per heavy atom. The minimum atomic E-state index is -3.93. The van der Waals surface area contributed by atoms with Crippen molar-refractivity contribution in [3.63, 3.8) is 0 Å². The molecule has 0 aliphatic heterocycles. The van der Waals surface area contributed by atoms with Crippen LogP contribution in [0.3, 0.4) is 0 Å². The monoisotopic (exact) mass is 398 g/mol. The van der Waals surface area contributed by atoms with E-state index in [2.05, 4.69) is 0 Å². The van der Waals surface area contributed by atoms with Crippen molar-refractivity contribution in [1.29, 1.82) is 0 Å². The summed E-state index contributed by atoms with van der Waals surface area (Å²) in [7, 11) is -3.93. The van der Waals surface area contributed by atoms with Crippen molar-refractivity contribution in [1.82, 2.24) is 0 Å². The SMILES string of the molecule is CCOP(=O)(OCC)C(=O)c1ccc2sc(C(=O)O)c(C(C)(C)C)c2c1. The van der Waals surface area contributed by atoms with Gasteiger partial charge in [0.1, 0.15) is 4.88 Å². The van der Waals surface area contributed by atoms with Crippen LogP contribution in [0, 0.1) is 0 Å². The van der Waals surface area contributed by atoms with E-state index in [4.69, 9.17) is 9.05 Å². The van der Waals surface area contributed by atoms with Crippen LogP contribution in [-0.4, -0.2) is 29.8 Å². The molecule has 1 aromatic heterocycles. The van der Waals surface area contributed by atoms with E-state index in [9.17, 15) is 19.3 Å². The molecular weight excluding hydrogens is 375 g/mol. The Morgan fingerprint density at radius 1 is 1.15 bits per heavy atom. The molecule has 1 heterocycles. The van der Waals surface area contributed by atoms with E-state index < -0.39 is 24.5 Å². The maximum Gasteiger partial charge on any atom is 0.401 e. The normalized spacial score (nSPS) is 12.5. The topological polar surface area (TPSA) is 89.9 Å². The predicted octanol–water partition coefficient (Wildman–Crippen LogP) is 5.30. The van der Waals surface area contributed by atoms with E-state index in [1.807, 2.05) is 20.8 Å². The maximum atomic E-state index is 12.8. The zero-order valence-corrected chi connectivity index (χ0v) is 17.2. The standard InChI is InChI=1S/C18H23O6PS/c1-6-23-25(22,24-7-2)17(21)11-8-9-13-12(10-11)14(18(3,4)5)15(26-13)16(19)20/h8-10H,6-7H2,1-5H3,(H,19,20). The molecule has 6 nitrogen and oxygen atoms in total. The fourth-order valence-electron chi connectivity index (χ4n) is 2.78. The number of carbonyl (C=O) groups is 2. The predicted molar refractivity (Wildman–Crippen MR) is 103 cm³/mol. The third-order valence-electron chi connectivity index (χ3n) is 3.73. The number of carboxylic acid groups (broad SMARTS) is 1. The van der Waals surface area contributed by atoms with Crippen LogP contribution in [0.4, 0.5) is 0 Å². The summed E-state index contributed by atoms with van der Waals surface area (Å²) in [5.74, 6) is -1.00. The van der Waals surface area contributed by atoms with Gasteiger partial charge in [-0.25, -0.2) is 4.79 Å². The quantitative estimate of drug-likeness (QED) is 0.636. The summed E-state index contributed by atoms with van der Waals surface area (Å²) >= 11 is 1.16. The molecule has 142 valence electrons. The van der Waals surface area contributed by atoms with Crippen molar-refractivity contribution in [2.75, 3.05) is 13.2 Å². The Balaban J connectivity index is 2.66. The number of carbonyl (C=O) groups excluding carboxylic acids is 1. The first kappa shape index (κ1) is 20.8. The number of hydrogen-bond donors (Lipinski definition) is 1. The highest BCUT2D eigenvalue weighted by Gasteiger charge is 2.36. The van der Waals surface area contributed by atoms with E-state index >= 15 is 0 Å². The van der Waals surface area contributed by atoms with Gasteiger partial charge in [0.25, 0.3) is 5.52 Å². The third kappa shape index (κ3) is 3.91.